The second-order valence-electron chi connectivity index (χ2n) is 6.92. The van der Waals surface area contributed by atoms with E-state index in [4.69, 9.17) is 4.74 Å². The smallest absolute Gasteiger partial charge is 0.244 e. The van der Waals surface area contributed by atoms with Crippen molar-refractivity contribution >= 4 is 17.7 Å². The lowest BCUT2D eigenvalue weighted by Crippen LogP contribution is -2.41. The van der Waals surface area contributed by atoms with E-state index in [0.717, 1.165) is 48.6 Å². The van der Waals surface area contributed by atoms with Crippen LogP contribution in [0.25, 0.3) is 6.08 Å². The molecular weight excluding hydrogens is 362 g/mol. The van der Waals surface area contributed by atoms with Gasteiger partial charge < -0.3 is 15.0 Å². The van der Waals surface area contributed by atoms with E-state index in [1.54, 1.807) is 0 Å². The van der Waals surface area contributed by atoms with Gasteiger partial charge >= 0.3 is 0 Å². The number of nitrogens with one attached hydrogen (secondary N) is 1. The van der Waals surface area contributed by atoms with Crippen molar-refractivity contribution in [2.24, 2.45) is 0 Å². The number of hydrogen-bond donors (Lipinski definition) is 1. The monoisotopic (exact) mass is 386 g/mol. The molecule has 1 amide bonds. The molecule has 0 aromatic heterocycles. The van der Waals surface area contributed by atoms with Gasteiger partial charge in [-0.15, -0.1) is 0 Å². The first-order chi connectivity index (χ1) is 13.4. The van der Waals surface area contributed by atoms with E-state index in [0.29, 0.717) is 6.61 Å². The fraction of sp³-hybridized carbons (Fsp3) is 0.318. The van der Waals surface area contributed by atoms with Gasteiger partial charge in [-0.1, -0.05) is 18.2 Å². The number of ether oxygens (including phenoxy) is 1. The summed E-state index contributed by atoms with van der Waals surface area (Å²) in [5.74, 6) is -1.82. The van der Waals surface area contributed by atoms with Gasteiger partial charge in [0.1, 0.15) is 11.6 Å². The highest BCUT2D eigenvalue weighted by Gasteiger charge is 2.18. The molecule has 1 N–H and O–H groups in total. The van der Waals surface area contributed by atoms with Crippen LogP contribution in [0, 0.1) is 11.6 Å². The van der Waals surface area contributed by atoms with Crippen LogP contribution in [0.15, 0.2) is 48.5 Å². The highest BCUT2D eigenvalue weighted by atomic mass is 19.1. The summed E-state index contributed by atoms with van der Waals surface area (Å²) < 4.78 is 32.9. The first-order valence-electron chi connectivity index (χ1n) is 9.33. The Kier molecular flexibility index (Phi) is 6.41. The average molecular weight is 386 g/mol. The number of carbonyl (C=O) groups is 1. The Labute approximate surface area is 163 Å². The van der Waals surface area contributed by atoms with Gasteiger partial charge in [0.25, 0.3) is 0 Å². The van der Waals surface area contributed by atoms with Crippen molar-refractivity contribution in [2.45, 2.75) is 26.0 Å². The van der Waals surface area contributed by atoms with E-state index in [1.165, 1.54) is 6.07 Å². The molecule has 3 rings (SSSR count). The Morgan fingerprint density at radius 2 is 1.96 bits per heavy atom. The molecule has 28 heavy (non-hydrogen) atoms. The zero-order valence-corrected chi connectivity index (χ0v) is 16.0. The molecule has 1 heterocycles. The molecule has 0 spiro atoms. The van der Waals surface area contributed by atoms with Gasteiger partial charge in [-0.25, -0.2) is 8.78 Å². The Morgan fingerprint density at radius 1 is 1.25 bits per heavy atom. The van der Waals surface area contributed by atoms with Crippen LogP contribution in [0.2, 0.25) is 0 Å². The number of rotatable bonds is 5. The molecule has 4 nitrogen and oxygen atoms in total. The third kappa shape index (κ3) is 4.95. The van der Waals surface area contributed by atoms with E-state index in [9.17, 15) is 13.6 Å². The number of halogens is 2. The quantitative estimate of drug-likeness (QED) is 0.788. The van der Waals surface area contributed by atoms with Gasteiger partial charge in [-0.3, -0.25) is 4.79 Å². The molecule has 0 radical (unpaired) electrons. The summed E-state index contributed by atoms with van der Waals surface area (Å²) in [5, 5.41) is 2.83. The second kappa shape index (κ2) is 8.97. The Bertz CT molecular complexity index is 849. The van der Waals surface area contributed by atoms with Crippen molar-refractivity contribution in [2.75, 3.05) is 24.6 Å². The van der Waals surface area contributed by atoms with Crippen LogP contribution in [-0.4, -0.2) is 31.7 Å². The highest BCUT2D eigenvalue weighted by molar-refractivity contribution is 5.92. The lowest BCUT2D eigenvalue weighted by Gasteiger charge is -2.33. The largest absolute Gasteiger partial charge is 0.375 e. The van der Waals surface area contributed by atoms with Crippen LogP contribution in [-0.2, 0) is 9.53 Å². The maximum atomic E-state index is 13.6. The molecule has 1 fully saturated rings. The van der Waals surface area contributed by atoms with Gasteiger partial charge in [0.05, 0.1) is 18.8 Å². The third-order valence-electron chi connectivity index (χ3n) is 4.74. The molecule has 1 saturated heterocycles. The minimum atomic E-state index is -0.704. The molecule has 2 aromatic carbocycles. The number of morpholine rings is 1. The number of hydrogen-bond acceptors (Lipinski definition) is 3. The van der Waals surface area contributed by atoms with Crippen LogP contribution < -0.4 is 10.2 Å². The molecule has 0 aliphatic carbocycles. The van der Waals surface area contributed by atoms with E-state index in [2.05, 4.69) is 10.2 Å². The highest BCUT2D eigenvalue weighted by Crippen LogP contribution is 2.23. The topological polar surface area (TPSA) is 41.6 Å². The molecule has 2 unspecified atom stereocenters. The lowest BCUT2D eigenvalue weighted by molar-refractivity contribution is -0.117. The Balaban J connectivity index is 1.66. The summed E-state index contributed by atoms with van der Waals surface area (Å²) in [7, 11) is 0. The van der Waals surface area contributed by atoms with Crippen molar-refractivity contribution in [3.8, 4) is 0 Å². The van der Waals surface area contributed by atoms with Crippen molar-refractivity contribution in [1.82, 2.24) is 5.32 Å². The standard InChI is InChI=1S/C22H24F2N2O2/c1-15-14-26(11-12-28-15)18-6-3-5-17(13-18)16(2)25-22(27)10-9-19-20(23)7-4-8-21(19)24/h3-10,13,15-16H,11-12,14H2,1-2H3,(H,25,27)/b10-9+. The Hall–Kier alpha value is -2.73. The van der Waals surface area contributed by atoms with E-state index in [1.807, 2.05) is 38.1 Å². The van der Waals surface area contributed by atoms with Crippen LogP contribution in [0.4, 0.5) is 14.5 Å². The van der Waals surface area contributed by atoms with Gasteiger partial charge in [0.2, 0.25) is 5.91 Å². The van der Waals surface area contributed by atoms with Crippen molar-refractivity contribution < 1.29 is 18.3 Å². The van der Waals surface area contributed by atoms with Crippen LogP contribution in [0.1, 0.15) is 31.0 Å². The molecule has 0 bridgehead atoms. The third-order valence-corrected chi connectivity index (χ3v) is 4.74. The van der Waals surface area contributed by atoms with Crippen molar-refractivity contribution in [3.05, 3.63) is 71.3 Å². The number of benzene rings is 2. The summed E-state index contributed by atoms with van der Waals surface area (Å²) in [6.07, 6.45) is 2.47. The van der Waals surface area contributed by atoms with Gasteiger partial charge in [0.15, 0.2) is 0 Å². The van der Waals surface area contributed by atoms with Gasteiger partial charge in [0, 0.05) is 30.4 Å². The molecule has 2 atom stereocenters. The zero-order chi connectivity index (χ0) is 20.1. The first-order valence-corrected chi connectivity index (χ1v) is 9.33. The lowest BCUT2D eigenvalue weighted by atomic mass is 10.1. The van der Waals surface area contributed by atoms with Crippen LogP contribution >= 0.6 is 0 Å². The summed E-state index contributed by atoms with van der Waals surface area (Å²) in [6, 6.07) is 11.3. The SMILES string of the molecule is CC1CN(c2cccc(C(C)NC(=O)/C=C/c3c(F)cccc3F)c2)CCO1. The first kappa shape index (κ1) is 20.0. The molecular formula is C22H24F2N2O2. The van der Waals surface area contributed by atoms with Crippen molar-refractivity contribution in [3.63, 3.8) is 0 Å². The Morgan fingerprint density at radius 3 is 2.68 bits per heavy atom. The van der Waals surface area contributed by atoms with E-state index < -0.39 is 17.5 Å². The molecule has 0 saturated carbocycles. The zero-order valence-electron chi connectivity index (χ0n) is 16.0. The molecule has 1 aliphatic heterocycles. The second-order valence-corrected chi connectivity index (χ2v) is 6.92. The number of nitrogens with zero attached hydrogens (tertiary/aromatic N) is 1. The summed E-state index contributed by atoms with van der Waals surface area (Å²) in [6.45, 7) is 6.25. The molecule has 6 heteroatoms. The molecule has 148 valence electrons. The maximum absolute atomic E-state index is 13.6. The summed E-state index contributed by atoms with van der Waals surface area (Å²) in [4.78, 5) is 14.4. The molecule has 2 aromatic rings. The van der Waals surface area contributed by atoms with Crippen LogP contribution in [0.3, 0.4) is 0 Å². The van der Waals surface area contributed by atoms with E-state index >= 15 is 0 Å². The van der Waals surface area contributed by atoms with Gasteiger partial charge in [-0.2, -0.15) is 0 Å². The minimum Gasteiger partial charge on any atom is -0.375 e. The number of carbonyl (C=O) groups excluding carboxylic acids is 1. The van der Waals surface area contributed by atoms with Crippen molar-refractivity contribution in [1.29, 1.82) is 0 Å². The van der Waals surface area contributed by atoms with E-state index in [-0.39, 0.29) is 17.7 Å². The number of amides is 1. The summed E-state index contributed by atoms with van der Waals surface area (Å²) >= 11 is 0. The number of anilines is 1. The van der Waals surface area contributed by atoms with Crippen LogP contribution in [0.5, 0.6) is 0 Å². The molecule has 1 aliphatic rings. The van der Waals surface area contributed by atoms with Gasteiger partial charge in [-0.05, 0) is 49.8 Å². The minimum absolute atomic E-state index is 0.179. The predicted octanol–water partition coefficient (Wildman–Crippen LogP) is 4.08. The average Bonchev–Trinajstić information content (AvgIpc) is 2.67. The fourth-order valence-electron chi connectivity index (χ4n) is 3.22. The summed E-state index contributed by atoms with van der Waals surface area (Å²) in [5.41, 5.74) is 1.81. The fourth-order valence-corrected chi connectivity index (χ4v) is 3.22. The maximum Gasteiger partial charge on any atom is 0.244 e. The normalized spacial score (nSPS) is 18.3. The predicted molar refractivity (Wildman–Crippen MR) is 106 cm³/mol.